The zero-order valence-electron chi connectivity index (χ0n) is 9.88. The van der Waals surface area contributed by atoms with E-state index in [2.05, 4.69) is 0 Å². The van der Waals surface area contributed by atoms with Gasteiger partial charge in [-0.2, -0.15) is 13.2 Å². The first kappa shape index (κ1) is 14.3. The Labute approximate surface area is 102 Å². The summed E-state index contributed by atoms with van der Waals surface area (Å²) in [6.45, 7) is 2.94. The maximum Gasteiger partial charge on any atom is 0.396 e. The van der Waals surface area contributed by atoms with Crippen LogP contribution in [0, 0.1) is 13.8 Å². The molecule has 100 valence electrons. The Balaban J connectivity index is 3.26. The van der Waals surface area contributed by atoms with Gasteiger partial charge in [0.15, 0.2) is 0 Å². The molecule has 0 spiro atoms. The number of alkyl halides is 3. The van der Waals surface area contributed by atoms with Crippen molar-refractivity contribution in [3.05, 3.63) is 28.8 Å². The SMILES string of the molecule is Cc1cc(C(CC(=O)O)C(F)(F)F)cc(C)c1O. The van der Waals surface area contributed by atoms with Gasteiger partial charge in [-0.25, -0.2) is 0 Å². The highest BCUT2D eigenvalue weighted by molar-refractivity contribution is 5.68. The van der Waals surface area contributed by atoms with Gasteiger partial charge in [0.1, 0.15) is 5.75 Å². The van der Waals surface area contributed by atoms with Gasteiger partial charge in [-0.15, -0.1) is 0 Å². The Morgan fingerprint density at radius 2 is 1.72 bits per heavy atom. The number of benzene rings is 1. The Hall–Kier alpha value is -1.72. The third-order valence-electron chi connectivity index (χ3n) is 2.69. The number of phenolic OH excluding ortho intramolecular Hbond substituents is 1. The molecule has 0 amide bonds. The van der Waals surface area contributed by atoms with Gasteiger partial charge < -0.3 is 10.2 Å². The molecular weight excluding hydrogens is 249 g/mol. The van der Waals surface area contributed by atoms with Crippen molar-refractivity contribution < 1.29 is 28.2 Å². The number of hydrogen-bond donors (Lipinski definition) is 2. The molecule has 3 nitrogen and oxygen atoms in total. The molecular formula is C12H13F3O3. The Bertz CT molecular complexity index is 443. The summed E-state index contributed by atoms with van der Waals surface area (Å²) >= 11 is 0. The second kappa shape index (κ2) is 4.88. The zero-order valence-corrected chi connectivity index (χ0v) is 9.88. The van der Waals surface area contributed by atoms with Gasteiger partial charge in [0.05, 0.1) is 12.3 Å². The van der Waals surface area contributed by atoms with Crippen LogP contribution in [0.15, 0.2) is 12.1 Å². The van der Waals surface area contributed by atoms with Crippen LogP contribution in [0.3, 0.4) is 0 Å². The highest BCUT2D eigenvalue weighted by atomic mass is 19.4. The van der Waals surface area contributed by atoms with E-state index in [-0.39, 0.29) is 11.3 Å². The third-order valence-corrected chi connectivity index (χ3v) is 2.69. The van der Waals surface area contributed by atoms with Crippen LogP contribution in [0.1, 0.15) is 29.0 Å². The normalized spacial score (nSPS) is 13.4. The molecule has 1 rings (SSSR count). The van der Waals surface area contributed by atoms with Crippen molar-refractivity contribution in [3.63, 3.8) is 0 Å². The average Bonchev–Trinajstić information content (AvgIpc) is 2.20. The molecule has 0 aliphatic rings. The molecule has 0 fully saturated rings. The van der Waals surface area contributed by atoms with Gasteiger partial charge in [-0.05, 0) is 30.5 Å². The lowest BCUT2D eigenvalue weighted by Gasteiger charge is -2.20. The van der Waals surface area contributed by atoms with E-state index in [4.69, 9.17) is 5.11 Å². The van der Waals surface area contributed by atoms with Crippen LogP contribution in [-0.2, 0) is 4.79 Å². The van der Waals surface area contributed by atoms with E-state index in [1.165, 1.54) is 26.0 Å². The zero-order chi connectivity index (χ0) is 14.1. The number of aryl methyl sites for hydroxylation is 2. The molecule has 1 aromatic rings. The number of phenols is 1. The van der Waals surface area contributed by atoms with Crippen LogP contribution >= 0.6 is 0 Å². The topological polar surface area (TPSA) is 57.5 Å². The maximum absolute atomic E-state index is 12.8. The summed E-state index contributed by atoms with van der Waals surface area (Å²) < 4.78 is 38.4. The average molecular weight is 262 g/mol. The predicted molar refractivity (Wildman–Crippen MR) is 58.6 cm³/mol. The molecule has 0 aromatic heterocycles. The summed E-state index contributed by atoms with van der Waals surface area (Å²) in [6, 6.07) is 2.34. The number of carbonyl (C=O) groups is 1. The summed E-state index contributed by atoms with van der Waals surface area (Å²) in [6.07, 6.45) is -5.65. The Morgan fingerprint density at radius 1 is 1.28 bits per heavy atom. The molecule has 2 N–H and O–H groups in total. The summed E-state index contributed by atoms with van der Waals surface area (Å²) in [5.41, 5.74) is 0.451. The van der Waals surface area contributed by atoms with E-state index in [1.807, 2.05) is 0 Å². The van der Waals surface area contributed by atoms with Crippen molar-refractivity contribution in [3.8, 4) is 5.75 Å². The Kier molecular flexibility index (Phi) is 3.88. The standard InChI is InChI=1S/C12H13F3O3/c1-6-3-8(4-7(2)11(6)18)9(5-10(16)17)12(13,14)15/h3-4,9,18H,5H2,1-2H3,(H,16,17). The van der Waals surface area contributed by atoms with Crippen LogP contribution in [0.4, 0.5) is 13.2 Å². The number of rotatable bonds is 3. The van der Waals surface area contributed by atoms with Crippen LogP contribution < -0.4 is 0 Å². The molecule has 0 bridgehead atoms. The molecule has 0 heterocycles. The number of hydrogen-bond acceptors (Lipinski definition) is 2. The molecule has 0 aliphatic carbocycles. The summed E-state index contributed by atoms with van der Waals surface area (Å²) in [4.78, 5) is 10.5. The molecule has 1 unspecified atom stereocenters. The molecule has 0 aliphatic heterocycles. The molecule has 0 saturated carbocycles. The van der Waals surface area contributed by atoms with E-state index in [0.717, 1.165) is 0 Å². The molecule has 1 atom stereocenters. The van der Waals surface area contributed by atoms with Crippen LogP contribution in [0.2, 0.25) is 0 Å². The van der Waals surface area contributed by atoms with Crippen molar-refractivity contribution in [1.29, 1.82) is 0 Å². The highest BCUT2D eigenvalue weighted by Gasteiger charge is 2.42. The number of aromatic hydroxyl groups is 1. The monoisotopic (exact) mass is 262 g/mol. The molecule has 6 heteroatoms. The second-order valence-corrected chi connectivity index (χ2v) is 4.20. The maximum atomic E-state index is 12.8. The molecule has 0 saturated heterocycles. The van der Waals surface area contributed by atoms with Gasteiger partial charge in [0.2, 0.25) is 0 Å². The van der Waals surface area contributed by atoms with Crippen molar-refractivity contribution in [1.82, 2.24) is 0 Å². The van der Waals surface area contributed by atoms with Crippen molar-refractivity contribution in [2.24, 2.45) is 0 Å². The van der Waals surface area contributed by atoms with E-state index < -0.39 is 24.5 Å². The van der Waals surface area contributed by atoms with Crippen molar-refractivity contribution in [2.45, 2.75) is 32.4 Å². The van der Waals surface area contributed by atoms with E-state index in [0.29, 0.717) is 11.1 Å². The van der Waals surface area contributed by atoms with Gasteiger partial charge in [-0.1, -0.05) is 12.1 Å². The fraction of sp³-hybridized carbons (Fsp3) is 0.417. The number of aliphatic carboxylic acids is 1. The highest BCUT2D eigenvalue weighted by Crippen LogP contribution is 2.39. The summed E-state index contributed by atoms with van der Waals surface area (Å²) in [5.74, 6) is -3.65. The lowest BCUT2D eigenvalue weighted by molar-refractivity contribution is -0.163. The van der Waals surface area contributed by atoms with Crippen molar-refractivity contribution >= 4 is 5.97 Å². The van der Waals surface area contributed by atoms with Gasteiger partial charge in [0.25, 0.3) is 0 Å². The minimum Gasteiger partial charge on any atom is -0.507 e. The van der Waals surface area contributed by atoms with Gasteiger partial charge in [-0.3, -0.25) is 4.79 Å². The smallest absolute Gasteiger partial charge is 0.396 e. The van der Waals surface area contributed by atoms with Crippen LogP contribution in [0.25, 0.3) is 0 Å². The molecule has 18 heavy (non-hydrogen) atoms. The predicted octanol–water partition coefficient (Wildman–Crippen LogP) is 3.13. The summed E-state index contributed by atoms with van der Waals surface area (Å²) in [5, 5.41) is 18.1. The van der Waals surface area contributed by atoms with E-state index in [1.54, 1.807) is 0 Å². The van der Waals surface area contributed by atoms with E-state index >= 15 is 0 Å². The number of carboxylic acids is 1. The fourth-order valence-corrected chi connectivity index (χ4v) is 1.79. The van der Waals surface area contributed by atoms with Crippen LogP contribution in [0.5, 0.6) is 5.75 Å². The lowest BCUT2D eigenvalue weighted by Crippen LogP contribution is -2.23. The largest absolute Gasteiger partial charge is 0.507 e. The minimum absolute atomic E-state index is 0.0741. The molecule has 0 radical (unpaired) electrons. The first-order chi connectivity index (χ1) is 8.12. The van der Waals surface area contributed by atoms with Crippen LogP contribution in [-0.4, -0.2) is 22.4 Å². The third kappa shape index (κ3) is 3.15. The fourth-order valence-electron chi connectivity index (χ4n) is 1.79. The number of halogens is 3. The first-order valence-electron chi connectivity index (χ1n) is 5.21. The summed E-state index contributed by atoms with van der Waals surface area (Å²) in [7, 11) is 0. The minimum atomic E-state index is -4.63. The lowest BCUT2D eigenvalue weighted by atomic mass is 9.92. The van der Waals surface area contributed by atoms with Gasteiger partial charge >= 0.3 is 12.1 Å². The molecule has 1 aromatic carbocycles. The van der Waals surface area contributed by atoms with Crippen molar-refractivity contribution in [2.75, 3.05) is 0 Å². The number of carboxylic acid groups (broad SMARTS) is 1. The first-order valence-corrected chi connectivity index (χ1v) is 5.21. The Morgan fingerprint density at radius 3 is 2.06 bits per heavy atom. The van der Waals surface area contributed by atoms with Gasteiger partial charge in [0, 0.05) is 0 Å². The quantitative estimate of drug-likeness (QED) is 0.879. The second-order valence-electron chi connectivity index (χ2n) is 4.20. The van der Waals surface area contributed by atoms with E-state index in [9.17, 15) is 23.1 Å².